The number of anilines is 1. The van der Waals surface area contributed by atoms with E-state index in [9.17, 15) is 14.4 Å². The maximum absolute atomic E-state index is 13.3. The first-order chi connectivity index (χ1) is 16.7. The third-order valence-electron chi connectivity index (χ3n) is 7.10. The number of rotatable bonds is 6. The van der Waals surface area contributed by atoms with Crippen molar-refractivity contribution in [2.75, 3.05) is 5.32 Å². The summed E-state index contributed by atoms with van der Waals surface area (Å²) in [7, 11) is 3.43. The predicted octanol–water partition coefficient (Wildman–Crippen LogP) is 3.05. The predicted molar refractivity (Wildman–Crippen MR) is 134 cm³/mol. The molecule has 0 aliphatic heterocycles. The van der Waals surface area contributed by atoms with Crippen LogP contribution in [0.3, 0.4) is 0 Å². The topological polar surface area (TPSA) is 111 Å². The zero-order chi connectivity index (χ0) is 25.1. The zero-order valence-corrected chi connectivity index (χ0v) is 20.6. The van der Waals surface area contributed by atoms with E-state index in [-0.39, 0.29) is 23.3 Å². The number of carbonyl (C=O) groups is 2. The standard InChI is InChI=1S/C26H32N6O3/c1-16-5-7-18(8-6-16)24(30-25(34)21-13-14-28-32(21)4)26(35)29-22-11-9-19(15-27-22)20-10-12-23(33)31(3)17(20)2/h9-16,18,24H,5-8H2,1-4H3,(H,30,34)(H,27,29,35)/t16?,18?,24-/m0/s1. The molecule has 1 aliphatic rings. The lowest BCUT2D eigenvalue weighted by Gasteiger charge is -2.32. The first-order valence-electron chi connectivity index (χ1n) is 12.0. The summed E-state index contributed by atoms with van der Waals surface area (Å²) in [5, 5.41) is 9.89. The summed E-state index contributed by atoms with van der Waals surface area (Å²) >= 11 is 0. The van der Waals surface area contributed by atoms with E-state index >= 15 is 0 Å². The molecular weight excluding hydrogens is 444 g/mol. The number of aryl methyl sites for hydroxylation is 1. The van der Waals surface area contributed by atoms with E-state index in [4.69, 9.17) is 0 Å². The Bertz CT molecular complexity index is 1270. The highest BCUT2D eigenvalue weighted by Crippen LogP contribution is 2.31. The van der Waals surface area contributed by atoms with E-state index in [1.807, 2.05) is 13.0 Å². The Morgan fingerprint density at radius 1 is 1.06 bits per heavy atom. The molecular formula is C26H32N6O3. The molecule has 0 spiro atoms. The van der Waals surface area contributed by atoms with Crippen LogP contribution in [-0.2, 0) is 18.9 Å². The molecule has 0 unspecified atom stereocenters. The molecule has 1 aliphatic carbocycles. The second kappa shape index (κ2) is 10.2. The summed E-state index contributed by atoms with van der Waals surface area (Å²) in [6.07, 6.45) is 7.05. The molecule has 35 heavy (non-hydrogen) atoms. The van der Waals surface area contributed by atoms with Gasteiger partial charge in [0.15, 0.2) is 0 Å². The highest BCUT2D eigenvalue weighted by molar-refractivity contribution is 6.00. The van der Waals surface area contributed by atoms with Gasteiger partial charge >= 0.3 is 0 Å². The summed E-state index contributed by atoms with van der Waals surface area (Å²) in [5.41, 5.74) is 2.91. The first-order valence-corrected chi connectivity index (χ1v) is 12.0. The number of hydrogen-bond acceptors (Lipinski definition) is 5. The van der Waals surface area contributed by atoms with E-state index in [0.29, 0.717) is 17.4 Å². The van der Waals surface area contributed by atoms with Gasteiger partial charge in [0.25, 0.3) is 5.91 Å². The lowest BCUT2D eigenvalue weighted by Crippen LogP contribution is -2.49. The molecule has 0 radical (unpaired) electrons. The van der Waals surface area contributed by atoms with Crippen LogP contribution in [0.15, 0.2) is 47.5 Å². The Morgan fingerprint density at radius 2 is 1.80 bits per heavy atom. The van der Waals surface area contributed by atoms with Gasteiger partial charge in [-0.3, -0.25) is 19.1 Å². The average Bonchev–Trinajstić information content (AvgIpc) is 3.28. The third-order valence-corrected chi connectivity index (χ3v) is 7.10. The Labute approximate surface area is 204 Å². The van der Waals surface area contributed by atoms with Gasteiger partial charge in [-0.1, -0.05) is 19.8 Å². The van der Waals surface area contributed by atoms with E-state index in [1.54, 1.807) is 49.3 Å². The van der Waals surface area contributed by atoms with Crippen LogP contribution in [0.1, 0.15) is 48.8 Å². The van der Waals surface area contributed by atoms with Gasteiger partial charge in [0, 0.05) is 49.4 Å². The van der Waals surface area contributed by atoms with Gasteiger partial charge in [-0.15, -0.1) is 0 Å². The molecule has 0 bridgehead atoms. The van der Waals surface area contributed by atoms with Crippen LogP contribution >= 0.6 is 0 Å². The van der Waals surface area contributed by atoms with Crippen molar-refractivity contribution in [2.24, 2.45) is 25.9 Å². The zero-order valence-electron chi connectivity index (χ0n) is 20.6. The van der Waals surface area contributed by atoms with Crippen molar-refractivity contribution in [3.8, 4) is 11.1 Å². The number of nitrogens with one attached hydrogen (secondary N) is 2. The second-order valence-electron chi connectivity index (χ2n) is 9.46. The van der Waals surface area contributed by atoms with Gasteiger partial charge < -0.3 is 15.2 Å². The van der Waals surface area contributed by atoms with Crippen LogP contribution < -0.4 is 16.2 Å². The summed E-state index contributed by atoms with van der Waals surface area (Å²) in [5.74, 6) is 0.481. The van der Waals surface area contributed by atoms with Gasteiger partial charge in [-0.2, -0.15) is 5.10 Å². The van der Waals surface area contributed by atoms with Crippen LogP contribution in [0.5, 0.6) is 0 Å². The molecule has 9 nitrogen and oxygen atoms in total. The normalized spacial score (nSPS) is 18.6. The highest BCUT2D eigenvalue weighted by Gasteiger charge is 2.33. The summed E-state index contributed by atoms with van der Waals surface area (Å²) in [4.78, 5) is 42.5. The van der Waals surface area contributed by atoms with Crippen LogP contribution in [0.25, 0.3) is 11.1 Å². The minimum absolute atomic E-state index is 0.0518. The SMILES string of the molecule is Cc1c(-c2ccc(NC(=O)[C@@H](NC(=O)c3ccnn3C)C3CCC(C)CC3)nc2)ccc(=O)n1C. The van der Waals surface area contributed by atoms with Gasteiger partial charge in [0.1, 0.15) is 17.6 Å². The maximum Gasteiger partial charge on any atom is 0.270 e. The second-order valence-corrected chi connectivity index (χ2v) is 9.46. The molecule has 9 heteroatoms. The van der Waals surface area contributed by atoms with Crippen molar-refractivity contribution in [2.45, 2.75) is 45.6 Å². The van der Waals surface area contributed by atoms with Crippen LogP contribution in [0, 0.1) is 18.8 Å². The lowest BCUT2D eigenvalue weighted by atomic mass is 9.79. The first kappa shape index (κ1) is 24.4. The summed E-state index contributed by atoms with van der Waals surface area (Å²) in [6.45, 7) is 4.10. The summed E-state index contributed by atoms with van der Waals surface area (Å²) in [6, 6.07) is 7.87. The number of amides is 2. The molecule has 1 atom stereocenters. The molecule has 3 aromatic rings. The van der Waals surface area contributed by atoms with Crippen molar-refractivity contribution >= 4 is 17.6 Å². The molecule has 1 saturated carbocycles. The smallest absolute Gasteiger partial charge is 0.270 e. The molecule has 0 saturated heterocycles. The van der Waals surface area contributed by atoms with E-state index in [1.165, 1.54) is 10.7 Å². The van der Waals surface area contributed by atoms with Crippen molar-refractivity contribution in [3.63, 3.8) is 0 Å². The van der Waals surface area contributed by atoms with Crippen LogP contribution in [0.2, 0.25) is 0 Å². The molecule has 3 aromatic heterocycles. The number of aromatic nitrogens is 4. The van der Waals surface area contributed by atoms with E-state index < -0.39 is 6.04 Å². The van der Waals surface area contributed by atoms with Gasteiger partial charge in [0.2, 0.25) is 11.5 Å². The monoisotopic (exact) mass is 476 g/mol. The molecule has 2 N–H and O–H groups in total. The van der Waals surface area contributed by atoms with Crippen molar-refractivity contribution in [1.82, 2.24) is 24.6 Å². The molecule has 1 fully saturated rings. The molecule has 2 amide bonds. The third kappa shape index (κ3) is 5.34. The lowest BCUT2D eigenvalue weighted by molar-refractivity contribution is -0.119. The molecule has 3 heterocycles. The Balaban J connectivity index is 1.52. The van der Waals surface area contributed by atoms with Crippen molar-refractivity contribution < 1.29 is 9.59 Å². The number of pyridine rings is 2. The Kier molecular flexibility index (Phi) is 7.14. The van der Waals surface area contributed by atoms with Crippen molar-refractivity contribution in [1.29, 1.82) is 0 Å². The Hall–Kier alpha value is -3.75. The minimum Gasteiger partial charge on any atom is -0.339 e. The minimum atomic E-state index is -0.669. The number of carbonyl (C=O) groups excluding carboxylic acids is 2. The highest BCUT2D eigenvalue weighted by atomic mass is 16.2. The fraction of sp³-hybridized carbons (Fsp3) is 0.423. The molecule has 184 valence electrons. The summed E-state index contributed by atoms with van der Waals surface area (Å²) < 4.78 is 3.08. The largest absolute Gasteiger partial charge is 0.339 e. The van der Waals surface area contributed by atoms with Crippen LogP contribution in [0.4, 0.5) is 5.82 Å². The fourth-order valence-electron chi connectivity index (χ4n) is 4.70. The average molecular weight is 477 g/mol. The molecule has 4 rings (SSSR count). The van der Waals surface area contributed by atoms with Crippen molar-refractivity contribution in [3.05, 3.63) is 64.5 Å². The Morgan fingerprint density at radius 3 is 2.43 bits per heavy atom. The van der Waals surface area contributed by atoms with Gasteiger partial charge in [0.05, 0.1) is 0 Å². The maximum atomic E-state index is 13.3. The van der Waals surface area contributed by atoms with E-state index in [2.05, 4.69) is 27.6 Å². The van der Waals surface area contributed by atoms with Gasteiger partial charge in [-0.05, 0) is 55.9 Å². The molecule has 0 aromatic carbocycles. The van der Waals surface area contributed by atoms with Gasteiger partial charge in [-0.25, -0.2) is 4.98 Å². The number of nitrogens with zero attached hydrogens (tertiary/aromatic N) is 4. The van der Waals surface area contributed by atoms with Crippen LogP contribution in [-0.4, -0.2) is 37.2 Å². The number of hydrogen-bond donors (Lipinski definition) is 2. The quantitative estimate of drug-likeness (QED) is 0.568. The fourth-order valence-corrected chi connectivity index (χ4v) is 4.70. The van der Waals surface area contributed by atoms with E-state index in [0.717, 1.165) is 42.5 Å².